The molecule has 122 valence electrons. The van der Waals surface area contributed by atoms with Gasteiger partial charge in [-0.15, -0.1) is 0 Å². The average Bonchev–Trinajstić information content (AvgIpc) is 3.37. The van der Waals surface area contributed by atoms with Crippen LogP contribution in [-0.4, -0.2) is 75.0 Å². The Balaban J connectivity index is 1.26. The van der Waals surface area contributed by atoms with Crippen molar-refractivity contribution in [3.8, 4) is 0 Å². The van der Waals surface area contributed by atoms with Gasteiger partial charge >= 0.3 is 11.9 Å². The van der Waals surface area contributed by atoms with Crippen molar-refractivity contribution in [2.24, 2.45) is 0 Å². The molecule has 0 aromatic heterocycles. The van der Waals surface area contributed by atoms with Gasteiger partial charge in [0, 0.05) is 0 Å². The van der Waals surface area contributed by atoms with Gasteiger partial charge in [0.05, 0.1) is 51.5 Å². The lowest BCUT2D eigenvalue weighted by Crippen LogP contribution is -2.36. The normalized spacial score (nSPS) is 41.8. The van der Waals surface area contributed by atoms with Crippen molar-refractivity contribution in [2.75, 3.05) is 26.4 Å². The maximum Gasteiger partial charge on any atom is 0.308 e. The van der Waals surface area contributed by atoms with E-state index >= 15 is 0 Å². The van der Waals surface area contributed by atoms with Crippen LogP contribution in [0.5, 0.6) is 0 Å². The molecule has 6 atom stereocenters. The maximum absolute atomic E-state index is 11.7. The topological polar surface area (TPSA) is 96.1 Å². The first kappa shape index (κ1) is 14.4. The quantitative estimate of drug-likeness (QED) is 0.464. The summed E-state index contributed by atoms with van der Waals surface area (Å²) >= 11 is 0. The third kappa shape index (κ3) is 3.24. The van der Waals surface area contributed by atoms with Gasteiger partial charge in [0.1, 0.15) is 12.2 Å². The Kier molecular flexibility index (Phi) is 3.77. The first-order valence-electron chi connectivity index (χ1n) is 7.54. The van der Waals surface area contributed by atoms with E-state index in [2.05, 4.69) is 0 Å². The van der Waals surface area contributed by atoms with Crippen molar-refractivity contribution >= 4 is 11.9 Å². The summed E-state index contributed by atoms with van der Waals surface area (Å²) < 4.78 is 31.9. The Morgan fingerprint density at radius 3 is 1.50 bits per heavy atom. The molecule has 8 nitrogen and oxygen atoms in total. The second kappa shape index (κ2) is 5.77. The molecular formula is C14H18O8. The van der Waals surface area contributed by atoms with E-state index in [1.54, 1.807) is 0 Å². The van der Waals surface area contributed by atoms with Gasteiger partial charge < -0.3 is 28.4 Å². The largest absolute Gasteiger partial charge is 0.457 e. The van der Waals surface area contributed by atoms with Gasteiger partial charge in [-0.2, -0.15) is 0 Å². The summed E-state index contributed by atoms with van der Waals surface area (Å²) in [6, 6.07) is 0. The third-order valence-corrected chi connectivity index (χ3v) is 4.12. The molecule has 4 aliphatic rings. The Bertz CT molecular complexity index is 416. The highest BCUT2D eigenvalue weighted by atomic mass is 16.7. The average molecular weight is 314 g/mol. The number of epoxide rings is 2. The lowest BCUT2D eigenvalue weighted by molar-refractivity contribution is -0.155. The highest BCUT2D eigenvalue weighted by molar-refractivity contribution is 5.71. The van der Waals surface area contributed by atoms with Crippen LogP contribution in [0.3, 0.4) is 0 Å². The molecule has 0 saturated carbocycles. The molecule has 4 saturated heterocycles. The van der Waals surface area contributed by atoms with Gasteiger partial charge in [-0.05, 0) is 0 Å². The molecule has 22 heavy (non-hydrogen) atoms. The summed E-state index contributed by atoms with van der Waals surface area (Å²) in [5.41, 5.74) is 0. The van der Waals surface area contributed by atoms with Crippen molar-refractivity contribution in [3.05, 3.63) is 0 Å². The monoisotopic (exact) mass is 314 g/mol. The van der Waals surface area contributed by atoms with E-state index < -0.39 is 12.2 Å². The Hall–Kier alpha value is -1.22. The molecule has 4 rings (SSSR count). The zero-order valence-electron chi connectivity index (χ0n) is 12.0. The van der Waals surface area contributed by atoms with Crippen molar-refractivity contribution in [1.82, 2.24) is 0 Å². The predicted octanol–water partition coefficient (Wildman–Crippen LogP) is -0.815. The van der Waals surface area contributed by atoms with E-state index in [0.717, 1.165) is 0 Å². The van der Waals surface area contributed by atoms with Crippen LogP contribution in [0.1, 0.15) is 12.8 Å². The molecule has 0 radical (unpaired) electrons. The third-order valence-electron chi connectivity index (χ3n) is 4.12. The van der Waals surface area contributed by atoms with Crippen molar-refractivity contribution in [2.45, 2.75) is 49.5 Å². The Morgan fingerprint density at radius 2 is 1.14 bits per heavy atom. The van der Waals surface area contributed by atoms with Gasteiger partial charge in [-0.1, -0.05) is 0 Å². The summed E-state index contributed by atoms with van der Waals surface area (Å²) in [6.07, 6.45) is -1.15. The van der Waals surface area contributed by atoms with Crippen LogP contribution in [0, 0.1) is 0 Å². The van der Waals surface area contributed by atoms with Crippen LogP contribution in [-0.2, 0) is 38.0 Å². The molecule has 4 aliphatic heterocycles. The van der Waals surface area contributed by atoms with E-state index in [1.807, 2.05) is 0 Å². The summed E-state index contributed by atoms with van der Waals surface area (Å²) in [5, 5.41) is 0. The number of rotatable bonds is 6. The summed E-state index contributed by atoms with van der Waals surface area (Å²) in [6.45, 7) is 1.74. The standard InChI is InChI=1S/C14H18O8/c15-11(1-7-3-17-7)21-9-5-19-14-10(6-20-13(9)14)22-12(16)2-8-4-18-8/h7-10,13-14H,1-6H2/t7?,8?,9-,10+,13-,14-/m1/s1. The van der Waals surface area contributed by atoms with Gasteiger partial charge in [0.25, 0.3) is 0 Å². The zero-order valence-corrected chi connectivity index (χ0v) is 12.0. The number of hydrogen-bond donors (Lipinski definition) is 0. The summed E-state index contributed by atoms with van der Waals surface area (Å²) in [5.74, 6) is -0.627. The highest BCUT2D eigenvalue weighted by Crippen LogP contribution is 2.31. The van der Waals surface area contributed by atoms with Gasteiger partial charge in [0.15, 0.2) is 12.2 Å². The fraction of sp³-hybridized carbons (Fsp3) is 0.857. The van der Waals surface area contributed by atoms with Crippen molar-refractivity contribution < 1.29 is 38.0 Å². The Morgan fingerprint density at radius 1 is 0.727 bits per heavy atom. The number of ether oxygens (including phenoxy) is 6. The molecule has 2 unspecified atom stereocenters. The van der Waals surface area contributed by atoms with E-state index in [1.165, 1.54) is 0 Å². The van der Waals surface area contributed by atoms with Crippen LogP contribution in [0.4, 0.5) is 0 Å². The first-order valence-corrected chi connectivity index (χ1v) is 7.54. The van der Waals surface area contributed by atoms with Gasteiger partial charge in [0.2, 0.25) is 0 Å². The fourth-order valence-electron chi connectivity index (χ4n) is 2.81. The molecule has 4 fully saturated rings. The second-order valence-electron chi connectivity index (χ2n) is 5.97. The number of hydrogen-bond acceptors (Lipinski definition) is 8. The van der Waals surface area contributed by atoms with E-state index in [4.69, 9.17) is 28.4 Å². The fourth-order valence-corrected chi connectivity index (χ4v) is 2.81. The number of carbonyl (C=O) groups excluding carboxylic acids is 2. The maximum atomic E-state index is 11.7. The van der Waals surface area contributed by atoms with E-state index in [9.17, 15) is 9.59 Å². The minimum absolute atomic E-state index is 0.00605. The SMILES string of the molecule is O=C(CC1CO1)O[C@H]1CO[C@H]2[C@@H]1OC[C@H]2OC(=O)CC1CO1. The molecule has 0 N–H and O–H groups in total. The van der Waals surface area contributed by atoms with Crippen LogP contribution < -0.4 is 0 Å². The number of carbonyl (C=O) groups is 2. The van der Waals surface area contributed by atoms with Crippen LogP contribution in [0.25, 0.3) is 0 Å². The van der Waals surface area contributed by atoms with E-state index in [-0.39, 0.29) is 62.4 Å². The van der Waals surface area contributed by atoms with Crippen LogP contribution in [0.15, 0.2) is 0 Å². The molecule has 4 heterocycles. The van der Waals surface area contributed by atoms with Crippen molar-refractivity contribution in [1.29, 1.82) is 0 Å². The highest BCUT2D eigenvalue weighted by Gasteiger charge is 2.51. The molecular weight excluding hydrogens is 296 g/mol. The van der Waals surface area contributed by atoms with Crippen LogP contribution >= 0.6 is 0 Å². The first-order chi connectivity index (χ1) is 10.7. The van der Waals surface area contributed by atoms with Gasteiger partial charge in [-0.3, -0.25) is 9.59 Å². The molecule has 8 heteroatoms. The minimum Gasteiger partial charge on any atom is -0.457 e. The van der Waals surface area contributed by atoms with Crippen LogP contribution in [0.2, 0.25) is 0 Å². The zero-order chi connectivity index (χ0) is 15.1. The lowest BCUT2D eigenvalue weighted by Gasteiger charge is -2.17. The molecule has 0 amide bonds. The minimum atomic E-state index is -0.452. The Labute approximate surface area is 126 Å². The number of esters is 2. The summed E-state index contributed by atoms with van der Waals surface area (Å²) in [7, 11) is 0. The molecule has 0 aliphatic carbocycles. The smallest absolute Gasteiger partial charge is 0.308 e. The molecule has 0 bridgehead atoms. The molecule has 0 spiro atoms. The molecule has 0 aromatic rings. The van der Waals surface area contributed by atoms with Crippen molar-refractivity contribution in [3.63, 3.8) is 0 Å². The predicted molar refractivity (Wildman–Crippen MR) is 68.0 cm³/mol. The number of fused-ring (bicyclic) bond motifs is 1. The lowest BCUT2D eigenvalue weighted by atomic mass is 10.1. The second-order valence-corrected chi connectivity index (χ2v) is 5.97. The van der Waals surface area contributed by atoms with E-state index in [0.29, 0.717) is 13.2 Å². The summed E-state index contributed by atoms with van der Waals surface area (Å²) in [4.78, 5) is 23.4. The molecule has 0 aromatic carbocycles. The van der Waals surface area contributed by atoms with Gasteiger partial charge in [-0.25, -0.2) is 0 Å².